The second kappa shape index (κ2) is 11.9. The zero-order chi connectivity index (χ0) is 17.8. The number of hydrogen-bond acceptors (Lipinski definition) is 1. The van der Waals surface area contributed by atoms with Gasteiger partial charge in [-0.15, -0.1) is 0 Å². The molecule has 0 N–H and O–H groups in total. The quantitative estimate of drug-likeness (QED) is 0.468. The van der Waals surface area contributed by atoms with Crippen molar-refractivity contribution in [1.29, 1.82) is 0 Å². The van der Waals surface area contributed by atoms with E-state index in [0.717, 1.165) is 31.0 Å². The molecule has 1 saturated carbocycles. The van der Waals surface area contributed by atoms with E-state index in [2.05, 4.69) is 40.2 Å². The van der Waals surface area contributed by atoms with Gasteiger partial charge in [-0.2, -0.15) is 0 Å². The first-order chi connectivity index (χ1) is 12.3. The lowest BCUT2D eigenvalue weighted by molar-refractivity contribution is -0.124. The van der Waals surface area contributed by atoms with E-state index in [4.69, 9.17) is 0 Å². The van der Waals surface area contributed by atoms with E-state index in [-0.39, 0.29) is 5.41 Å². The van der Waals surface area contributed by atoms with E-state index in [1.165, 1.54) is 69.8 Å². The number of benzene rings is 1. The first-order valence-corrected chi connectivity index (χ1v) is 11.6. The Morgan fingerprint density at radius 3 is 1.72 bits per heavy atom. The average Bonchev–Trinajstić information content (AvgIpc) is 2.65. The zero-order valence-electron chi connectivity index (χ0n) is 15.8. The van der Waals surface area contributed by atoms with Crippen LogP contribution in [0.5, 0.6) is 0 Å². The highest BCUT2D eigenvalue weighted by molar-refractivity contribution is 9.09. The molecule has 0 bridgehead atoms. The molecule has 1 aromatic carbocycles. The number of rotatable bonds is 2. The van der Waals surface area contributed by atoms with Crippen LogP contribution in [0, 0.1) is 0 Å². The SMILES string of the molecule is O=C1CCCCCCCCCCCCCCC1(CBr)c1ccccc1. The minimum atomic E-state index is -0.321. The summed E-state index contributed by atoms with van der Waals surface area (Å²) in [5.41, 5.74) is 0.885. The van der Waals surface area contributed by atoms with Crippen LogP contribution in [0.15, 0.2) is 30.3 Å². The number of hydrogen-bond donors (Lipinski definition) is 0. The molecule has 0 aromatic heterocycles. The lowest BCUT2D eigenvalue weighted by atomic mass is 9.73. The van der Waals surface area contributed by atoms with Crippen molar-refractivity contribution in [2.45, 2.75) is 95.3 Å². The predicted octanol–water partition coefficient (Wildman–Crippen LogP) is 7.36. The van der Waals surface area contributed by atoms with E-state index in [0.29, 0.717) is 5.78 Å². The topological polar surface area (TPSA) is 17.1 Å². The summed E-state index contributed by atoms with van der Waals surface area (Å²) in [6, 6.07) is 10.5. The van der Waals surface area contributed by atoms with E-state index in [1.807, 2.05) is 6.07 Å². The van der Waals surface area contributed by atoms with Crippen molar-refractivity contribution < 1.29 is 4.79 Å². The minimum absolute atomic E-state index is 0.321. The Morgan fingerprint density at radius 1 is 0.720 bits per heavy atom. The van der Waals surface area contributed by atoms with Crippen molar-refractivity contribution in [3.63, 3.8) is 0 Å². The molecule has 0 heterocycles. The van der Waals surface area contributed by atoms with E-state index < -0.39 is 0 Å². The summed E-state index contributed by atoms with van der Waals surface area (Å²) in [6.07, 6.45) is 17.3. The molecule has 140 valence electrons. The Hall–Kier alpha value is -0.630. The summed E-state index contributed by atoms with van der Waals surface area (Å²) in [4.78, 5) is 13.2. The van der Waals surface area contributed by atoms with Crippen LogP contribution in [0.1, 0.15) is 95.5 Å². The lowest BCUT2D eigenvalue weighted by Gasteiger charge is -2.31. The normalized spacial score (nSPS) is 25.6. The molecular weight excluding hydrogens is 372 g/mol. The summed E-state index contributed by atoms with van der Waals surface area (Å²) in [5, 5.41) is 0.753. The zero-order valence-corrected chi connectivity index (χ0v) is 17.4. The van der Waals surface area contributed by atoms with Gasteiger partial charge in [-0.1, -0.05) is 117 Å². The van der Waals surface area contributed by atoms with Crippen LogP contribution in [0.2, 0.25) is 0 Å². The second-order valence-corrected chi connectivity index (χ2v) is 8.31. The summed E-state index contributed by atoms with van der Waals surface area (Å²) in [7, 11) is 0. The summed E-state index contributed by atoms with van der Waals surface area (Å²) >= 11 is 3.72. The number of carbonyl (C=O) groups is 1. The molecule has 1 nitrogen and oxygen atoms in total. The Kier molecular flexibility index (Phi) is 9.83. The van der Waals surface area contributed by atoms with Gasteiger partial charge in [0.1, 0.15) is 5.78 Å². The van der Waals surface area contributed by atoms with Crippen molar-refractivity contribution in [1.82, 2.24) is 0 Å². The van der Waals surface area contributed by atoms with Crippen molar-refractivity contribution in [3.05, 3.63) is 35.9 Å². The molecule has 1 aromatic rings. The Morgan fingerprint density at radius 2 is 1.20 bits per heavy atom. The van der Waals surface area contributed by atoms with Crippen LogP contribution in [-0.2, 0) is 10.2 Å². The molecule has 2 heteroatoms. The van der Waals surface area contributed by atoms with Crippen molar-refractivity contribution in [2.24, 2.45) is 0 Å². The number of ketones is 1. The molecule has 0 amide bonds. The highest BCUT2D eigenvalue weighted by Gasteiger charge is 2.37. The van der Waals surface area contributed by atoms with E-state index in [1.54, 1.807) is 0 Å². The molecule has 1 aliphatic rings. The van der Waals surface area contributed by atoms with Crippen LogP contribution in [0.4, 0.5) is 0 Å². The maximum atomic E-state index is 13.2. The second-order valence-electron chi connectivity index (χ2n) is 7.75. The third kappa shape index (κ3) is 6.55. The first-order valence-electron chi connectivity index (χ1n) is 10.4. The Balaban J connectivity index is 2.07. The fourth-order valence-electron chi connectivity index (χ4n) is 4.14. The van der Waals surface area contributed by atoms with Crippen LogP contribution in [-0.4, -0.2) is 11.1 Å². The minimum Gasteiger partial charge on any atom is -0.299 e. The van der Waals surface area contributed by atoms with Crippen LogP contribution >= 0.6 is 15.9 Å². The molecule has 1 fully saturated rings. The smallest absolute Gasteiger partial charge is 0.144 e. The molecule has 0 radical (unpaired) electrons. The molecule has 1 atom stereocenters. The highest BCUT2D eigenvalue weighted by Crippen LogP contribution is 2.35. The van der Waals surface area contributed by atoms with Gasteiger partial charge in [0.15, 0.2) is 0 Å². The third-order valence-electron chi connectivity index (χ3n) is 5.85. The molecular formula is C23H35BrO. The van der Waals surface area contributed by atoms with Crippen LogP contribution in [0.3, 0.4) is 0 Å². The van der Waals surface area contributed by atoms with E-state index >= 15 is 0 Å². The molecule has 0 aliphatic heterocycles. The summed E-state index contributed by atoms with van der Waals surface area (Å²) in [5.74, 6) is 0.447. The monoisotopic (exact) mass is 406 g/mol. The average molecular weight is 407 g/mol. The largest absolute Gasteiger partial charge is 0.299 e. The third-order valence-corrected chi connectivity index (χ3v) is 6.80. The maximum Gasteiger partial charge on any atom is 0.144 e. The number of halogens is 1. The number of carbonyl (C=O) groups excluding carboxylic acids is 1. The number of Topliss-reactive ketones (excluding diaryl/α,β-unsaturated/α-hetero) is 1. The molecule has 2 rings (SSSR count). The summed E-state index contributed by atoms with van der Waals surface area (Å²) < 4.78 is 0. The standard InChI is InChI=1S/C23H35BrO/c24-20-23(21-16-12-11-13-17-21)19-15-10-8-6-4-2-1-3-5-7-9-14-18-22(23)25/h11-13,16-17H,1-10,14-15,18-20H2. The molecule has 1 unspecified atom stereocenters. The van der Waals surface area contributed by atoms with Gasteiger partial charge in [0, 0.05) is 11.8 Å². The molecule has 1 aliphatic carbocycles. The first kappa shape index (κ1) is 20.7. The van der Waals surface area contributed by atoms with Gasteiger partial charge < -0.3 is 0 Å². The molecule has 0 saturated heterocycles. The lowest BCUT2D eigenvalue weighted by Crippen LogP contribution is -2.37. The number of alkyl halides is 1. The summed E-state index contributed by atoms with van der Waals surface area (Å²) in [6.45, 7) is 0. The van der Waals surface area contributed by atoms with Crippen molar-refractivity contribution >= 4 is 21.7 Å². The van der Waals surface area contributed by atoms with E-state index in [9.17, 15) is 4.79 Å². The fourth-order valence-corrected chi connectivity index (χ4v) is 5.06. The highest BCUT2D eigenvalue weighted by atomic mass is 79.9. The van der Waals surface area contributed by atoms with Gasteiger partial charge in [-0.25, -0.2) is 0 Å². The van der Waals surface area contributed by atoms with Crippen LogP contribution in [0.25, 0.3) is 0 Å². The van der Waals surface area contributed by atoms with Gasteiger partial charge in [-0.05, 0) is 18.4 Å². The Labute approximate surface area is 163 Å². The molecule has 25 heavy (non-hydrogen) atoms. The van der Waals surface area contributed by atoms with Gasteiger partial charge in [0.25, 0.3) is 0 Å². The van der Waals surface area contributed by atoms with Gasteiger partial charge in [-0.3, -0.25) is 4.79 Å². The fraction of sp³-hybridized carbons (Fsp3) is 0.696. The van der Waals surface area contributed by atoms with Crippen molar-refractivity contribution in [2.75, 3.05) is 5.33 Å². The maximum absolute atomic E-state index is 13.2. The van der Waals surface area contributed by atoms with Gasteiger partial charge in [0.05, 0.1) is 5.41 Å². The molecule has 0 spiro atoms. The Bertz CT molecular complexity index is 484. The van der Waals surface area contributed by atoms with Gasteiger partial charge >= 0.3 is 0 Å². The predicted molar refractivity (Wildman–Crippen MR) is 112 cm³/mol. The van der Waals surface area contributed by atoms with Crippen LogP contribution < -0.4 is 0 Å². The van der Waals surface area contributed by atoms with Crippen molar-refractivity contribution in [3.8, 4) is 0 Å². The van der Waals surface area contributed by atoms with Gasteiger partial charge in [0.2, 0.25) is 0 Å².